The zero-order valence-corrected chi connectivity index (χ0v) is 10.3. The van der Waals surface area contributed by atoms with Gasteiger partial charge in [-0.25, -0.2) is 0 Å². The molecule has 0 amide bonds. The van der Waals surface area contributed by atoms with E-state index in [-0.39, 0.29) is 12.2 Å². The third-order valence-corrected chi connectivity index (χ3v) is 3.14. The van der Waals surface area contributed by atoms with E-state index >= 15 is 0 Å². The summed E-state index contributed by atoms with van der Waals surface area (Å²) >= 11 is 0. The Hall–Kier alpha value is -0.120. The SMILES string of the molecule is CCC(CCO)NC1CCOC(C)(C)C1. The van der Waals surface area contributed by atoms with Gasteiger partial charge in [0, 0.05) is 25.3 Å². The van der Waals surface area contributed by atoms with Gasteiger partial charge in [0.25, 0.3) is 0 Å². The molecule has 1 fully saturated rings. The van der Waals surface area contributed by atoms with E-state index in [2.05, 4.69) is 26.1 Å². The van der Waals surface area contributed by atoms with E-state index in [1.54, 1.807) is 0 Å². The maximum absolute atomic E-state index is 8.94. The average molecular weight is 215 g/mol. The molecule has 1 aliphatic rings. The van der Waals surface area contributed by atoms with Gasteiger partial charge in [0.05, 0.1) is 5.60 Å². The van der Waals surface area contributed by atoms with Crippen molar-refractivity contribution in [1.29, 1.82) is 0 Å². The number of rotatable bonds is 5. The Labute approximate surface area is 93.2 Å². The molecule has 0 radical (unpaired) electrons. The zero-order valence-electron chi connectivity index (χ0n) is 10.3. The molecule has 1 saturated heterocycles. The number of hydrogen-bond acceptors (Lipinski definition) is 3. The van der Waals surface area contributed by atoms with Crippen LogP contribution in [0.3, 0.4) is 0 Å². The maximum atomic E-state index is 8.94. The molecule has 1 rings (SSSR count). The van der Waals surface area contributed by atoms with E-state index < -0.39 is 0 Å². The van der Waals surface area contributed by atoms with Crippen LogP contribution in [-0.2, 0) is 4.74 Å². The Kier molecular flexibility index (Phi) is 5.03. The Morgan fingerprint density at radius 3 is 2.80 bits per heavy atom. The molecule has 0 aromatic heterocycles. The van der Waals surface area contributed by atoms with E-state index in [1.165, 1.54) is 0 Å². The van der Waals surface area contributed by atoms with Crippen LogP contribution in [0.4, 0.5) is 0 Å². The van der Waals surface area contributed by atoms with Gasteiger partial charge < -0.3 is 15.2 Å². The molecule has 2 unspecified atom stereocenters. The smallest absolute Gasteiger partial charge is 0.0641 e. The van der Waals surface area contributed by atoms with Gasteiger partial charge in [-0.1, -0.05) is 6.92 Å². The van der Waals surface area contributed by atoms with Gasteiger partial charge >= 0.3 is 0 Å². The number of hydrogen-bond donors (Lipinski definition) is 2. The molecule has 1 heterocycles. The molecule has 0 spiro atoms. The highest BCUT2D eigenvalue weighted by molar-refractivity contribution is 4.84. The molecule has 90 valence electrons. The summed E-state index contributed by atoms with van der Waals surface area (Å²) in [5.41, 5.74) is 0.00736. The predicted molar refractivity (Wildman–Crippen MR) is 62.0 cm³/mol. The summed E-state index contributed by atoms with van der Waals surface area (Å²) in [6.07, 6.45) is 4.09. The molecule has 0 aromatic rings. The van der Waals surface area contributed by atoms with Crippen molar-refractivity contribution in [3.05, 3.63) is 0 Å². The minimum absolute atomic E-state index is 0.00736. The van der Waals surface area contributed by atoms with Crippen molar-refractivity contribution in [1.82, 2.24) is 5.32 Å². The van der Waals surface area contributed by atoms with Gasteiger partial charge in [-0.2, -0.15) is 0 Å². The van der Waals surface area contributed by atoms with Gasteiger partial charge in [-0.3, -0.25) is 0 Å². The summed E-state index contributed by atoms with van der Waals surface area (Å²) in [5.74, 6) is 0. The molecule has 3 nitrogen and oxygen atoms in total. The minimum atomic E-state index is 0.00736. The van der Waals surface area contributed by atoms with Crippen LogP contribution in [0.25, 0.3) is 0 Å². The summed E-state index contributed by atoms with van der Waals surface area (Å²) in [6.45, 7) is 7.58. The summed E-state index contributed by atoms with van der Waals surface area (Å²) in [7, 11) is 0. The van der Waals surface area contributed by atoms with Gasteiger partial charge in [-0.15, -0.1) is 0 Å². The third kappa shape index (κ3) is 4.49. The summed E-state index contributed by atoms with van der Waals surface area (Å²) in [5, 5.41) is 12.6. The Balaban J connectivity index is 2.36. The molecule has 0 saturated carbocycles. The van der Waals surface area contributed by atoms with Gasteiger partial charge in [0.15, 0.2) is 0 Å². The number of ether oxygens (including phenoxy) is 1. The second-order valence-electron chi connectivity index (χ2n) is 5.08. The third-order valence-electron chi connectivity index (χ3n) is 3.14. The fourth-order valence-corrected chi connectivity index (χ4v) is 2.27. The van der Waals surface area contributed by atoms with E-state index in [0.29, 0.717) is 12.1 Å². The van der Waals surface area contributed by atoms with Crippen LogP contribution in [0.1, 0.15) is 46.5 Å². The van der Waals surface area contributed by atoms with Crippen LogP contribution < -0.4 is 5.32 Å². The maximum Gasteiger partial charge on any atom is 0.0641 e. The largest absolute Gasteiger partial charge is 0.396 e. The average Bonchev–Trinajstić information content (AvgIpc) is 2.15. The van der Waals surface area contributed by atoms with E-state index in [1.807, 2.05) is 0 Å². The molecule has 2 N–H and O–H groups in total. The topological polar surface area (TPSA) is 41.5 Å². The second kappa shape index (κ2) is 5.83. The van der Waals surface area contributed by atoms with Crippen molar-refractivity contribution in [3.63, 3.8) is 0 Å². The monoisotopic (exact) mass is 215 g/mol. The van der Waals surface area contributed by atoms with Gasteiger partial charge in [0.1, 0.15) is 0 Å². The Bertz CT molecular complexity index is 182. The van der Waals surface area contributed by atoms with Crippen LogP contribution in [0, 0.1) is 0 Å². The molecule has 3 heteroatoms. The number of aliphatic hydroxyl groups is 1. The molecule has 1 aliphatic heterocycles. The quantitative estimate of drug-likeness (QED) is 0.733. The van der Waals surface area contributed by atoms with Crippen molar-refractivity contribution in [2.75, 3.05) is 13.2 Å². The van der Waals surface area contributed by atoms with Crippen LogP contribution in [-0.4, -0.2) is 36.0 Å². The van der Waals surface area contributed by atoms with E-state index in [4.69, 9.17) is 9.84 Å². The van der Waals surface area contributed by atoms with Crippen LogP contribution in [0.2, 0.25) is 0 Å². The van der Waals surface area contributed by atoms with Crippen LogP contribution >= 0.6 is 0 Å². The van der Waals surface area contributed by atoms with Crippen LogP contribution in [0.5, 0.6) is 0 Å². The first-order chi connectivity index (χ1) is 7.07. The van der Waals surface area contributed by atoms with Crippen LogP contribution in [0.15, 0.2) is 0 Å². The lowest BCUT2D eigenvalue weighted by atomic mass is 9.93. The van der Waals surface area contributed by atoms with E-state index in [0.717, 1.165) is 32.3 Å². The summed E-state index contributed by atoms with van der Waals surface area (Å²) in [6, 6.07) is 0.999. The van der Waals surface area contributed by atoms with Crippen molar-refractivity contribution in [2.24, 2.45) is 0 Å². The van der Waals surface area contributed by atoms with Crippen molar-refractivity contribution in [3.8, 4) is 0 Å². The molecular formula is C12H25NO2. The van der Waals surface area contributed by atoms with Crippen molar-refractivity contribution >= 4 is 0 Å². The Morgan fingerprint density at radius 1 is 1.53 bits per heavy atom. The van der Waals surface area contributed by atoms with Crippen molar-refractivity contribution in [2.45, 2.75) is 64.1 Å². The first-order valence-corrected chi connectivity index (χ1v) is 6.08. The zero-order chi connectivity index (χ0) is 11.3. The standard InChI is InChI=1S/C12H25NO2/c1-4-10(5-7-14)13-11-6-8-15-12(2,3)9-11/h10-11,13-14H,4-9H2,1-3H3. The van der Waals surface area contributed by atoms with Crippen molar-refractivity contribution < 1.29 is 9.84 Å². The lowest BCUT2D eigenvalue weighted by Crippen LogP contribution is -2.47. The molecule has 2 atom stereocenters. The molecular weight excluding hydrogens is 190 g/mol. The van der Waals surface area contributed by atoms with Gasteiger partial charge in [0.2, 0.25) is 0 Å². The molecule has 0 aromatic carbocycles. The fraction of sp³-hybridized carbons (Fsp3) is 1.00. The lowest BCUT2D eigenvalue weighted by Gasteiger charge is -2.37. The molecule has 15 heavy (non-hydrogen) atoms. The van der Waals surface area contributed by atoms with E-state index in [9.17, 15) is 0 Å². The lowest BCUT2D eigenvalue weighted by molar-refractivity contribution is -0.0644. The fourth-order valence-electron chi connectivity index (χ4n) is 2.27. The number of aliphatic hydroxyl groups excluding tert-OH is 1. The second-order valence-corrected chi connectivity index (χ2v) is 5.08. The highest BCUT2D eigenvalue weighted by atomic mass is 16.5. The predicted octanol–water partition coefficient (Wildman–Crippen LogP) is 1.69. The first-order valence-electron chi connectivity index (χ1n) is 6.08. The highest BCUT2D eigenvalue weighted by Gasteiger charge is 2.29. The molecule has 0 bridgehead atoms. The summed E-state index contributed by atoms with van der Waals surface area (Å²) in [4.78, 5) is 0. The molecule has 0 aliphatic carbocycles. The Morgan fingerprint density at radius 2 is 2.27 bits per heavy atom. The first kappa shape index (κ1) is 12.9. The summed E-state index contributed by atoms with van der Waals surface area (Å²) < 4.78 is 5.68. The number of nitrogens with one attached hydrogen (secondary N) is 1. The van der Waals surface area contributed by atoms with Gasteiger partial charge in [-0.05, 0) is 39.5 Å². The minimum Gasteiger partial charge on any atom is -0.396 e. The highest BCUT2D eigenvalue weighted by Crippen LogP contribution is 2.24. The normalized spacial score (nSPS) is 27.6.